The Morgan fingerprint density at radius 2 is 1.97 bits per heavy atom. The zero-order chi connectivity index (χ0) is 21.6. The number of ether oxygens (including phenoxy) is 2. The SMILES string of the molecule is CN=C(NCCc1cn2ccccc2n1)NC1CCN(c2cc(OC)cc(OC)c2)C1.I. The van der Waals surface area contributed by atoms with Gasteiger partial charge in [0.1, 0.15) is 17.1 Å². The van der Waals surface area contributed by atoms with Gasteiger partial charge in [0.05, 0.1) is 19.9 Å². The molecule has 1 fully saturated rings. The summed E-state index contributed by atoms with van der Waals surface area (Å²) in [6.45, 7) is 2.63. The van der Waals surface area contributed by atoms with Crippen LogP contribution in [0.2, 0.25) is 0 Å². The molecule has 8 nitrogen and oxygen atoms in total. The summed E-state index contributed by atoms with van der Waals surface area (Å²) in [5, 5.41) is 6.96. The van der Waals surface area contributed by atoms with Crippen LogP contribution in [0.15, 0.2) is 53.8 Å². The molecule has 0 amide bonds. The lowest BCUT2D eigenvalue weighted by Gasteiger charge is -2.21. The van der Waals surface area contributed by atoms with Crippen molar-refractivity contribution in [3.05, 3.63) is 54.5 Å². The van der Waals surface area contributed by atoms with Gasteiger partial charge in [0.15, 0.2) is 5.96 Å². The Bertz CT molecular complexity index is 999. The third kappa shape index (κ3) is 5.76. The van der Waals surface area contributed by atoms with Gasteiger partial charge < -0.3 is 29.4 Å². The lowest BCUT2D eigenvalue weighted by Crippen LogP contribution is -2.45. The molecular formula is C23H31IN6O2. The van der Waals surface area contributed by atoms with E-state index in [1.807, 2.05) is 47.0 Å². The molecule has 32 heavy (non-hydrogen) atoms. The number of hydrogen-bond acceptors (Lipinski definition) is 5. The second kappa shape index (κ2) is 11.3. The number of hydrogen-bond donors (Lipinski definition) is 2. The first-order valence-corrected chi connectivity index (χ1v) is 10.6. The summed E-state index contributed by atoms with van der Waals surface area (Å²) in [5.74, 6) is 2.42. The van der Waals surface area contributed by atoms with Crippen molar-refractivity contribution in [3.63, 3.8) is 0 Å². The van der Waals surface area contributed by atoms with E-state index in [1.165, 1.54) is 0 Å². The van der Waals surface area contributed by atoms with Gasteiger partial charge in [-0.05, 0) is 18.6 Å². The number of nitrogens with zero attached hydrogens (tertiary/aromatic N) is 4. The van der Waals surface area contributed by atoms with E-state index in [0.29, 0.717) is 6.04 Å². The van der Waals surface area contributed by atoms with Crippen LogP contribution in [-0.2, 0) is 6.42 Å². The van der Waals surface area contributed by atoms with E-state index < -0.39 is 0 Å². The van der Waals surface area contributed by atoms with Crippen molar-refractivity contribution in [3.8, 4) is 11.5 Å². The number of guanidine groups is 1. The molecule has 2 N–H and O–H groups in total. The van der Waals surface area contributed by atoms with E-state index in [2.05, 4.69) is 31.7 Å². The number of aliphatic imine (C=N–C) groups is 1. The fourth-order valence-corrected chi connectivity index (χ4v) is 3.89. The molecule has 4 rings (SSSR count). The highest BCUT2D eigenvalue weighted by Crippen LogP contribution is 2.30. The molecule has 1 unspecified atom stereocenters. The topological polar surface area (TPSA) is 75.4 Å². The van der Waals surface area contributed by atoms with Gasteiger partial charge in [0.25, 0.3) is 0 Å². The largest absolute Gasteiger partial charge is 0.497 e. The first-order chi connectivity index (χ1) is 15.2. The summed E-state index contributed by atoms with van der Waals surface area (Å²) >= 11 is 0. The van der Waals surface area contributed by atoms with Gasteiger partial charge in [-0.2, -0.15) is 0 Å². The van der Waals surface area contributed by atoms with E-state index in [1.54, 1.807) is 21.3 Å². The lowest BCUT2D eigenvalue weighted by molar-refractivity contribution is 0.394. The Labute approximate surface area is 206 Å². The minimum Gasteiger partial charge on any atom is -0.497 e. The van der Waals surface area contributed by atoms with Crippen LogP contribution in [0.25, 0.3) is 5.65 Å². The molecule has 172 valence electrons. The van der Waals surface area contributed by atoms with Crippen LogP contribution >= 0.6 is 24.0 Å². The van der Waals surface area contributed by atoms with Gasteiger partial charge in [-0.15, -0.1) is 24.0 Å². The number of rotatable bonds is 7. The summed E-state index contributed by atoms with van der Waals surface area (Å²) in [6, 6.07) is 12.3. The molecule has 0 saturated carbocycles. The third-order valence-electron chi connectivity index (χ3n) is 5.54. The van der Waals surface area contributed by atoms with E-state index in [0.717, 1.165) is 67.0 Å². The zero-order valence-electron chi connectivity index (χ0n) is 18.7. The van der Waals surface area contributed by atoms with Crippen LogP contribution in [-0.4, -0.2) is 62.3 Å². The number of imidazole rings is 1. The third-order valence-corrected chi connectivity index (χ3v) is 5.54. The molecule has 1 atom stereocenters. The van der Waals surface area contributed by atoms with Crippen LogP contribution in [0.3, 0.4) is 0 Å². The van der Waals surface area contributed by atoms with Gasteiger partial charge in [-0.25, -0.2) is 4.98 Å². The van der Waals surface area contributed by atoms with E-state index in [-0.39, 0.29) is 24.0 Å². The first-order valence-electron chi connectivity index (χ1n) is 10.6. The predicted octanol–water partition coefficient (Wildman–Crippen LogP) is 2.96. The zero-order valence-corrected chi connectivity index (χ0v) is 21.1. The van der Waals surface area contributed by atoms with Gasteiger partial charge in [0.2, 0.25) is 0 Å². The molecule has 0 radical (unpaired) electrons. The van der Waals surface area contributed by atoms with Crippen molar-refractivity contribution < 1.29 is 9.47 Å². The molecule has 3 aromatic rings. The molecule has 0 aliphatic carbocycles. The smallest absolute Gasteiger partial charge is 0.191 e. The monoisotopic (exact) mass is 550 g/mol. The highest BCUT2D eigenvalue weighted by molar-refractivity contribution is 14.0. The summed E-state index contributed by atoms with van der Waals surface area (Å²) in [4.78, 5) is 11.4. The number of pyridine rings is 1. The normalized spacial score (nSPS) is 16.0. The number of nitrogens with one attached hydrogen (secondary N) is 2. The van der Waals surface area contributed by atoms with Crippen molar-refractivity contribution in [2.24, 2.45) is 4.99 Å². The number of fused-ring (bicyclic) bond motifs is 1. The predicted molar refractivity (Wildman–Crippen MR) is 139 cm³/mol. The molecule has 1 aromatic carbocycles. The van der Waals surface area contributed by atoms with Gasteiger partial charge >= 0.3 is 0 Å². The Morgan fingerprint density at radius 3 is 2.66 bits per heavy atom. The fraction of sp³-hybridized carbons (Fsp3) is 0.391. The van der Waals surface area contributed by atoms with Crippen molar-refractivity contribution in [2.75, 3.05) is 45.8 Å². The summed E-state index contributed by atoms with van der Waals surface area (Å²) < 4.78 is 12.9. The number of anilines is 1. The van der Waals surface area contributed by atoms with E-state index >= 15 is 0 Å². The average molecular weight is 550 g/mol. The van der Waals surface area contributed by atoms with Crippen molar-refractivity contribution in [1.82, 2.24) is 20.0 Å². The van der Waals surface area contributed by atoms with Gasteiger partial charge in [-0.3, -0.25) is 4.99 Å². The minimum absolute atomic E-state index is 0. The molecule has 2 aromatic heterocycles. The minimum atomic E-state index is 0. The lowest BCUT2D eigenvalue weighted by atomic mass is 10.2. The molecule has 0 bridgehead atoms. The van der Waals surface area contributed by atoms with Crippen molar-refractivity contribution in [1.29, 1.82) is 0 Å². The second-order valence-electron chi connectivity index (χ2n) is 7.59. The molecule has 1 aliphatic heterocycles. The maximum Gasteiger partial charge on any atom is 0.191 e. The number of aromatic nitrogens is 2. The Balaban J connectivity index is 0.00000289. The first kappa shape index (κ1) is 24.0. The maximum absolute atomic E-state index is 5.41. The van der Waals surface area contributed by atoms with Crippen LogP contribution in [0.4, 0.5) is 5.69 Å². The van der Waals surface area contributed by atoms with Crippen LogP contribution in [0.1, 0.15) is 12.1 Å². The Hall–Kier alpha value is -2.69. The van der Waals surface area contributed by atoms with Crippen LogP contribution in [0.5, 0.6) is 11.5 Å². The van der Waals surface area contributed by atoms with Crippen LogP contribution in [0, 0.1) is 0 Å². The summed E-state index contributed by atoms with van der Waals surface area (Å²) in [5.41, 5.74) is 3.14. The second-order valence-corrected chi connectivity index (χ2v) is 7.59. The molecule has 1 aliphatic rings. The Morgan fingerprint density at radius 1 is 1.19 bits per heavy atom. The number of halogens is 1. The highest BCUT2D eigenvalue weighted by atomic mass is 127. The van der Waals surface area contributed by atoms with Crippen molar-refractivity contribution in [2.45, 2.75) is 18.9 Å². The molecule has 9 heteroatoms. The molecule has 3 heterocycles. The highest BCUT2D eigenvalue weighted by Gasteiger charge is 2.24. The summed E-state index contributed by atoms with van der Waals surface area (Å²) in [6.07, 6.45) is 5.96. The molecular weight excluding hydrogens is 519 g/mol. The quantitative estimate of drug-likeness (QED) is 0.268. The van der Waals surface area contributed by atoms with E-state index in [9.17, 15) is 0 Å². The fourth-order valence-electron chi connectivity index (χ4n) is 3.89. The summed E-state index contributed by atoms with van der Waals surface area (Å²) in [7, 11) is 5.16. The molecule has 0 spiro atoms. The maximum atomic E-state index is 5.41. The average Bonchev–Trinajstić information content (AvgIpc) is 3.44. The van der Waals surface area contributed by atoms with Crippen LogP contribution < -0.4 is 25.0 Å². The van der Waals surface area contributed by atoms with Crippen molar-refractivity contribution >= 4 is 41.3 Å². The standard InChI is InChI=1S/C23H30N6O2.HI/c1-24-23(25-9-7-17-16-29-10-5-4-6-22(29)26-17)27-18-8-11-28(15-18)19-12-20(30-2)14-21(13-19)31-3;/h4-6,10,12-14,16,18H,7-9,11,15H2,1-3H3,(H2,24,25,27);1H. The number of benzene rings is 1. The van der Waals surface area contributed by atoms with E-state index in [4.69, 9.17) is 9.47 Å². The van der Waals surface area contributed by atoms with Gasteiger partial charge in [-0.1, -0.05) is 6.07 Å². The number of methoxy groups -OCH3 is 2. The Kier molecular flexibility index (Phi) is 8.43. The molecule has 1 saturated heterocycles. The van der Waals surface area contributed by atoms with Gasteiger partial charge in [0, 0.05) is 75.4 Å².